The molecule has 1 aromatic carbocycles. The zero-order chi connectivity index (χ0) is 14.9. The van der Waals surface area contributed by atoms with Crippen LogP contribution in [0.3, 0.4) is 0 Å². The topological polar surface area (TPSA) is 50.5 Å². The van der Waals surface area contributed by atoms with Crippen molar-refractivity contribution in [2.24, 2.45) is 0 Å². The molecule has 0 radical (unpaired) electrons. The zero-order valence-corrected chi connectivity index (χ0v) is 11.7. The summed E-state index contributed by atoms with van der Waals surface area (Å²) in [6, 6.07) is 5.85. The fourth-order valence-corrected chi connectivity index (χ4v) is 2.84. The standard InChI is InChI=1S/C13H13F2NO3S/c1-9-3-4-10(19-9)8-16(2)20(17,18)11-5-6-12(14)13(15)7-11/h3-7H,8H2,1-2H3. The largest absolute Gasteiger partial charge is 0.465 e. The van der Waals surface area contributed by atoms with Gasteiger partial charge in [-0.25, -0.2) is 17.2 Å². The van der Waals surface area contributed by atoms with Gasteiger partial charge in [0.1, 0.15) is 11.5 Å². The molecule has 2 rings (SSSR count). The van der Waals surface area contributed by atoms with E-state index in [9.17, 15) is 17.2 Å². The number of halogens is 2. The molecule has 0 spiro atoms. The second kappa shape index (κ2) is 5.34. The molecule has 108 valence electrons. The highest BCUT2D eigenvalue weighted by atomic mass is 32.2. The summed E-state index contributed by atoms with van der Waals surface area (Å²) in [7, 11) is -2.56. The number of rotatable bonds is 4. The molecule has 0 fully saturated rings. The molecule has 0 aliphatic rings. The van der Waals surface area contributed by atoms with Crippen LogP contribution < -0.4 is 0 Å². The first-order chi connectivity index (χ1) is 9.30. The average molecular weight is 301 g/mol. The Morgan fingerprint density at radius 1 is 1.15 bits per heavy atom. The van der Waals surface area contributed by atoms with E-state index in [1.165, 1.54) is 7.05 Å². The van der Waals surface area contributed by atoms with Gasteiger partial charge in [0.2, 0.25) is 10.0 Å². The molecule has 0 amide bonds. The highest BCUT2D eigenvalue weighted by Crippen LogP contribution is 2.19. The lowest BCUT2D eigenvalue weighted by Gasteiger charge is -2.16. The molecule has 0 aliphatic carbocycles. The Labute approximate surface area is 115 Å². The number of furan rings is 1. The lowest BCUT2D eigenvalue weighted by atomic mass is 10.3. The number of benzene rings is 1. The van der Waals surface area contributed by atoms with E-state index in [0.717, 1.165) is 16.4 Å². The maximum atomic E-state index is 13.1. The molecule has 0 aliphatic heterocycles. The van der Waals surface area contributed by atoms with Crippen molar-refractivity contribution in [1.29, 1.82) is 0 Å². The van der Waals surface area contributed by atoms with Gasteiger partial charge in [0.05, 0.1) is 11.4 Å². The van der Waals surface area contributed by atoms with Crippen molar-refractivity contribution in [2.45, 2.75) is 18.4 Å². The molecule has 0 bridgehead atoms. The van der Waals surface area contributed by atoms with Crippen LogP contribution >= 0.6 is 0 Å². The first-order valence-corrected chi connectivity index (χ1v) is 7.21. The van der Waals surface area contributed by atoms with Gasteiger partial charge in [-0.15, -0.1) is 0 Å². The van der Waals surface area contributed by atoms with Gasteiger partial charge in [-0.1, -0.05) is 0 Å². The van der Waals surface area contributed by atoms with Crippen LogP contribution in [0.1, 0.15) is 11.5 Å². The lowest BCUT2D eigenvalue weighted by Crippen LogP contribution is -2.26. The van der Waals surface area contributed by atoms with Gasteiger partial charge in [0.25, 0.3) is 0 Å². The van der Waals surface area contributed by atoms with Crippen molar-refractivity contribution >= 4 is 10.0 Å². The van der Waals surface area contributed by atoms with Crippen LogP contribution in [0.15, 0.2) is 39.6 Å². The second-order valence-electron chi connectivity index (χ2n) is 4.35. The van der Waals surface area contributed by atoms with Crippen molar-refractivity contribution in [3.05, 3.63) is 53.5 Å². The molecular weight excluding hydrogens is 288 g/mol. The van der Waals surface area contributed by atoms with Crippen molar-refractivity contribution in [2.75, 3.05) is 7.05 Å². The number of hydrogen-bond acceptors (Lipinski definition) is 3. The minimum atomic E-state index is -3.90. The van der Waals surface area contributed by atoms with Gasteiger partial charge >= 0.3 is 0 Å². The second-order valence-corrected chi connectivity index (χ2v) is 6.39. The van der Waals surface area contributed by atoms with Crippen LogP contribution in [0.5, 0.6) is 0 Å². The zero-order valence-electron chi connectivity index (χ0n) is 10.9. The molecule has 0 atom stereocenters. The molecule has 2 aromatic rings. The summed E-state index contributed by atoms with van der Waals surface area (Å²) in [6.07, 6.45) is 0. The van der Waals surface area contributed by atoms with Gasteiger partial charge in [-0.05, 0) is 37.3 Å². The van der Waals surface area contributed by atoms with Crippen LogP contribution in [0.25, 0.3) is 0 Å². The smallest absolute Gasteiger partial charge is 0.243 e. The molecule has 20 heavy (non-hydrogen) atoms. The third kappa shape index (κ3) is 2.88. The van der Waals surface area contributed by atoms with Crippen LogP contribution in [0, 0.1) is 18.6 Å². The maximum absolute atomic E-state index is 13.1. The fraction of sp³-hybridized carbons (Fsp3) is 0.231. The number of nitrogens with zero attached hydrogens (tertiary/aromatic N) is 1. The highest BCUT2D eigenvalue weighted by molar-refractivity contribution is 7.89. The van der Waals surface area contributed by atoms with E-state index in [4.69, 9.17) is 4.42 Å². The Kier molecular flexibility index (Phi) is 3.92. The normalized spacial score (nSPS) is 12.1. The summed E-state index contributed by atoms with van der Waals surface area (Å²) in [5, 5.41) is 0. The van der Waals surface area contributed by atoms with E-state index in [2.05, 4.69) is 0 Å². The van der Waals surface area contributed by atoms with Gasteiger partial charge < -0.3 is 4.42 Å². The van der Waals surface area contributed by atoms with E-state index < -0.39 is 21.7 Å². The quantitative estimate of drug-likeness (QED) is 0.872. The van der Waals surface area contributed by atoms with Crippen molar-refractivity contribution in [3.8, 4) is 0 Å². The number of hydrogen-bond donors (Lipinski definition) is 0. The first-order valence-electron chi connectivity index (χ1n) is 5.77. The molecule has 4 nitrogen and oxygen atoms in total. The summed E-state index contributed by atoms with van der Waals surface area (Å²) < 4.78 is 56.7. The molecule has 0 N–H and O–H groups in total. The third-order valence-corrected chi connectivity index (χ3v) is 4.57. The number of sulfonamides is 1. The van der Waals surface area contributed by atoms with Crippen molar-refractivity contribution in [1.82, 2.24) is 4.31 Å². The Bertz CT molecular complexity index is 725. The van der Waals surface area contributed by atoms with Crippen molar-refractivity contribution in [3.63, 3.8) is 0 Å². The Morgan fingerprint density at radius 2 is 1.85 bits per heavy atom. The van der Waals surface area contributed by atoms with Crippen LogP contribution in [0.2, 0.25) is 0 Å². The Hall–Kier alpha value is -1.73. The van der Waals surface area contributed by atoms with Gasteiger partial charge in [0, 0.05) is 7.05 Å². The van der Waals surface area contributed by atoms with Gasteiger partial charge in [-0.3, -0.25) is 0 Å². The summed E-state index contributed by atoms with van der Waals surface area (Å²) in [5.41, 5.74) is 0. The van der Waals surface area contributed by atoms with Crippen LogP contribution in [-0.2, 0) is 16.6 Å². The minimum Gasteiger partial charge on any atom is -0.465 e. The summed E-state index contributed by atoms with van der Waals surface area (Å²) in [4.78, 5) is -0.304. The Morgan fingerprint density at radius 3 is 2.40 bits per heavy atom. The van der Waals surface area contributed by atoms with Gasteiger partial charge in [0.15, 0.2) is 11.6 Å². The predicted octanol–water partition coefficient (Wildman–Crippen LogP) is 2.69. The molecule has 0 saturated heterocycles. The van der Waals surface area contributed by atoms with E-state index in [1.54, 1.807) is 19.1 Å². The third-order valence-electron chi connectivity index (χ3n) is 2.77. The molecular formula is C13H13F2NO3S. The van der Waals surface area contributed by atoms with Gasteiger partial charge in [-0.2, -0.15) is 4.31 Å². The maximum Gasteiger partial charge on any atom is 0.243 e. The predicted molar refractivity (Wildman–Crippen MR) is 68.5 cm³/mol. The van der Waals surface area contributed by atoms with E-state index >= 15 is 0 Å². The van der Waals surface area contributed by atoms with Crippen LogP contribution in [-0.4, -0.2) is 19.8 Å². The Balaban J connectivity index is 2.27. The highest BCUT2D eigenvalue weighted by Gasteiger charge is 2.23. The first kappa shape index (κ1) is 14.7. The summed E-state index contributed by atoms with van der Waals surface area (Å²) in [6.45, 7) is 1.75. The SMILES string of the molecule is Cc1ccc(CN(C)S(=O)(=O)c2ccc(F)c(F)c2)o1. The molecule has 1 heterocycles. The van der Waals surface area contributed by atoms with E-state index in [1.807, 2.05) is 0 Å². The van der Waals surface area contributed by atoms with Crippen molar-refractivity contribution < 1.29 is 21.6 Å². The lowest BCUT2D eigenvalue weighted by molar-refractivity contribution is 0.397. The average Bonchev–Trinajstić information content (AvgIpc) is 2.78. The summed E-state index contributed by atoms with van der Waals surface area (Å²) in [5.74, 6) is -1.16. The minimum absolute atomic E-state index is 0.00910. The summed E-state index contributed by atoms with van der Waals surface area (Å²) >= 11 is 0. The molecule has 0 saturated carbocycles. The monoisotopic (exact) mass is 301 g/mol. The van der Waals surface area contributed by atoms with Crippen LogP contribution in [0.4, 0.5) is 8.78 Å². The fourth-order valence-electron chi connectivity index (χ4n) is 1.69. The van der Waals surface area contributed by atoms with E-state index in [-0.39, 0.29) is 11.4 Å². The van der Waals surface area contributed by atoms with E-state index in [0.29, 0.717) is 17.6 Å². The molecule has 7 heteroatoms. The molecule has 1 aromatic heterocycles. The number of aryl methyl sites for hydroxylation is 1. The molecule has 0 unspecified atom stereocenters.